The third-order valence-electron chi connectivity index (χ3n) is 3.63. The summed E-state index contributed by atoms with van der Waals surface area (Å²) < 4.78 is 0. The van der Waals surface area contributed by atoms with Crippen LogP contribution in [0.15, 0.2) is 18.2 Å². The van der Waals surface area contributed by atoms with Crippen molar-refractivity contribution in [2.45, 2.75) is 33.2 Å². The van der Waals surface area contributed by atoms with Gasteiger partial charge in [-0.15, -0.1) is 0 Å². The Hall–Kier alpha value is -0.280. The van der Waals surface area contributed by atoms with E-state index in [-0.39, 0.29) is 6.04 Å². The molecule has 0 saturated heterocycles. The lowest BCUT2D eigenvalue weighted by Gasteiger charge is -2.32. The minimum Gasteiger partial charge on any atom is -0.329 e. The summed E-state index contributed by atoms with van der Waals surface area (Å²) in [6.07, 6.45) is 1.17. The maximum Gasteiger partial charge on any atom is 0.0485 e. The van der Waals surface area contributed by atoms with Gasteiger partial charge in [-0.05, 0) is 30.2 Å². The Kier molecular flexibility index (Phi) is 7.16. The van der Waals surface area contributed by atoms with Gasteiger partial charge >= 0.3 is 0 Å². The molecule has 4 heteroatoms. The Balaban J connectivity index is 2.96. The van der Waals surface area contributed by atoms with Crippen molar-refractivity contribution in [2.24, 2.45) is 11.7 Å². The van der Waals surface area contributed by atoms with Crippen LogP contribution in [0.1, 0.15) is 38.8 Å². The molecule has 2 nitrogen and oxygen atoms in total. The van der Waals surface area contributed by atoms with Gasteiger partial charge in [-0.2, -0.15) is 0 Å². The van der Waals surface area contributed by atoms with E-state index in [0.717, 1.165) is 18.7 Å². The number of hydrogen-bond acceptors (Lipinski definition) is 2. The van der Waals surface area contributed by atoms with E-state index in [1.165, 1.54) is 6.42 Å². The molecule has 0 spiro atoms. The van der Waals surface area contributed by atoms with Gasteiger partial charge in [-0.1, -0.05) is 56.5 Å². The van der Waals surface area contributed by atoms with Gasteiger partial charge in [0.15, 0.2) is 0 Å². The van der Waals surface area contributed by atoms with Gasteiger partial charge in [0.2, 0.25) is 0 Å². The molecule has 1 aromatic carbocycles. The standard InChI is InChI=1S/C15H24Cl2N2/c1-4-11(3)10-19(5-2)15(9-18)13-7-6-12(16)8-14(13)17/h6-8,11,15H,4-5,9-10,18H2,1-3H3. The molecule has 0 fully saturated rings. The van der Waals surface area contributed by atoms with E-state index in [4.69, 9.17) is 28.9 Å². The van der Waals surface area contributed by atoms with E-state index in [9.17, 15) is 0 Å². The van der Waals surface area contributed by atoms with Crippen molar-refractivity contribution >= 4 is 23.2 Å². The summed E-state index contributed by atoms with van der Waals surface area (Å²) in [5.74, 6) is 0.653. The van der Waals surface area contributed by atoms with Crippen LogP contribution >= 0.6 is 23.2 Å². The lowest BCUT2D eigenvalue weighted by atomic mass is 10.0. The van der Waals surface area contributed by atoms with Crippen molar-refractivity contribution in [1.29, 1.82) is 0 Å². The predicted octanol–water partition coefficient (Wildman–Crippen LogP) is 4.36. The van der Waals surface area contributed by atoms with Crippen molar-refractivity contribution in [1.82, 2.24) is 4.90 Å². The molecule has 2 atom stereocenters. The normalized spacial score (nSPS) is 14.7. The fourth-order valence-corrected chi connectivity index (χ4v) is 2.79. The van der Waals surface area contributed by atoms with Crippen LogP contribution < -0.4 is 5.73 Å². The van der Waals surface area contributed by atoms with E-state index in [1.54, 1.807) is 6.07 Å². The Bertz CT molecular complexity index is 396. The van der Waals surface area contributed by atoms with E-state index >= 15 is 0 Å². The summed E-state index contributed by atoms with van der Waals surface area (Å²) in [5.41, 5.74) is 7.04. The molecule has 2 unspecified atom stereocenters. The fraction of sp³-hybridized carbons (Fsp3) is 0.600. The van der Waals surface area contributed by atoms with Gasteiger partial charge in [-0.25, -0.2) is 0 Å². The van der Waals surface area contributed by atoms with Crippen LogP contribution in [0.4, 0.5) is 0 Å². The highest BCUT2D eigenvalue weighted by Crippen LogP contribution is 2.30. The monoisotopic (exact) mass is 302 g/mol. The molecule has 2 N–H and O–H groups in total. The second-order valence-electron chi connectivity index (χ2n) is 5.02. The molecule has 0 heterocycles. The summed E-state index contributed by atoms with van der Waals surface area (Å²) in [4.78, 5) is 2.39. The van der Waals surface area contributed by atoms with E-state index < -0.39 is 0 Å². The highest BCUT2D eigenvalue weighted by atomic mass is 35.5. The Morgan fingerprint density at radius 2 is 1.95 bits per heavy atom. The minimum absolute atomic E-state index is 0.156. The Morgan fingerprint density at radius 1 is 1.26 bits per heavy atom. The Morgan fingerprint density at radius 3 is 2.42 bits per heavy atom. The number of nitrogens with zero attached hydrogens (tertiary/aromatic N) is 1. The van der Waals surface area contributed by atoms with Gasteiger partial charge in [0.25, 0.3) is 0 Å². The van der Waals surface area contributed by atoms with Gasteiger partial charge in [-0.3, -0.25) is 4.90 Å². The fourth-order valence-electron chi connectivity index (χ4n) is 2.25. The molecule has 0 aliphatic heterocycles. The molecule has 0 amide bonds. The van der Waals surface area contributed by atoms with Crippen LogP contribution in [0.3, 0.4) is 0 Å². The van der Waals surface area contributed by atoms with Crippen molar-refractivity contribution in [3.05, 3.63) is 33.8 Å². The Labute approximate surface area is 126 Å². The number of halogens is 2. The molecule has 108 valence electrons. The molecule has 0 radical (unpaired) electrons. The maximum absolute atomic E-state index is 6.31. The number of likely N-dealkylation sites (N-methyl/N-ethyl adjacent to an activating group) is 1. The molecule has 0 aliphatic carbocycles. The first-order valence-corrected chi connectivity index (χ1v) is 7.68. The van der Waals surface area contributed by atoms with Crippen LogP contribution in [-0.4, -0.2) is 24.5 Å². The highest BCUT2D eigenvalue weighted by Gasteiger charge is 2.21. The second-order valence-corrected chi connectivity index (χ2v) is 5.86. The van der Waals surface area contributed by atoms with Crippen LogP contribution in [-0.2, 0) is 0 Å². The van der Waals surface area contributed by atoms with Gasteiger partial charge in [0, 0.05) is 29.2 Å². The molecule has 0 aliphatic rings. The minimum atomic E-state index is 0.156. The first-order valence-electron chi connectivity index (χ1n) is 6.92. The number of rotatable bonds is 7. The first kappa shape index (κ1) is 16.8. The second kappa shape index (κ2) is 8.11. The van der Waals surface area contributed by atoms with Crippen molar-refractivity contribution < 1.29 is 0 Å². The number of nitrogens with two attached hydrogens (primary N) is 1. The van der Waals surface area contributed by atoms with Gasteiger partial charge in [0.05, 0.1) is 0 Å². The molecule has 1 aromatic rings. The zero-order chi connectivity index (χ0) is 14.4. The zero-order valence-electron chi connectivity index (χ0n) is 12.0. The van der Waals surface area contributed by atoms with Crippen LogP contribution in [0, 0.1) is 5.92 Å². The molecule has 0 bridgehead atoms. The zero-order valence-corrected chi connectivity index (χ0v) is 13.5. The largest absolute Gasteiger partial charge is 0.329 e. The molecular weight excluding hydrogens is 279 g/mol. The average Bonchev–Trinajstić information content (AvgIpc) is 2.40. The van der Waals surface area contributed by atoms with E-state index in [0.29, 0.717) is 22.5 Å². The molecule has 0 aromatic heterocycles. The number of hydrogen-bond donors (Lipinski definition) is 1. The quantitative estimate of drug-likeness (QED) is 0.811. The van der Waals surface area contributed by atoms with Crippen LogP contribution in [0.5, 0.6) is 0 Å². The lowest BCUT2D eigenvalue weighted by molar-refractivity contribution is 0.182. The van der Waals surface area contributed by atoms with Crippen LogP contribution in [0.2, 0.25) is 10.0 Å². The van der Waals surface area contributed by atoms with Crippen molar-refractivity contribution in [2.75, 3.05) is 19.6 Å². The third-order valence-corrected chi connectivity index (χ3v) is 4.20. The highest BCUT2D eigenvalue weighted by molar-refractivity contribution is 6.35. The number of benzene rings is 1. The molecule has 0 saturated carbocycles. The summed E-state index contributed by atoms with van der Waals surface area (Å²) in [6, 6.07) is 5.81. The molecular formula is C15H24Cl2N2. The SMILES string of the molecule is CCC(C)CN(CC)C(CN)c1ccc(Cl)cc1Cl. The summed E-state index contributed by atoms with van der Waals surface area (Å²) in [7, 11) is 0. The summed E-state index contributed by atoms with van der Waals surface area (Å²) in [6.45, 7) is 9.20. The average molecular weight is 303 g/mol. The van der Waals surface area contributed by atoms with Crippen molar-refractivity contribution in [3.63, 3.8) is 0 Å². The van der Waals surface area contributed by atoms with Crippen molar-refractivity contribution in [3.8, 4) is 0 Å². The smallest absolute Gasteiger partial charge is 0.0485 e. The van der Waals surface area contributed by atoms with Crippen LogP contribution in [0.25, 0.3) is 0 Å². The maximum atomic E-state index is 6.31. The van der Waals surface area contributed by atoms with E-state index in [2.05, 4.69) is 25.7 Å². The first-order chi connectivity index (χ1) is 9.03. The summed E-state index contributed by atoms with van der Waals surface area (Å²) >= 11 is 12.3. The van der Waals surface area contributed by atoms with Gasteiger partial charge in [0.1, 0.15) is 0 Å². The molecule has 19 heavy (non-hydrogen) atoms. The summed E-state index contributed by atoms with van der Waals surface area (Å²) in [5, 5.41) is 1.36. The van der Waals surface area contributed by atoms with Gasteiger partial charge < -0.3 is 5.73 Å². The lowest BCUT2D eigenvalue weighted by Crippen LogP contribution is -2.36. The topological polar surface area (TPSA) is 29.3 Å². The third kappa shape index (κ3) is 4.64. The molecule has 1 rings (SSSR count). The van der Waals surface area contributed by atoms with E-state index in [1.807, 2.05) is 12.1 Å². The predicted molar refractivity (Wildman–Crippen MR) is 85.0 cm³/mol.